The first-order chi connectivity index (χ1) is 7.34. The van der Waals surface area contributed by atoms with Crippen LogP contribution >= 0.6 is 12.4 Å². The highest BCUT2D eigenvalue weighted by Gasteiger charge is 2.19. The van der Waals surface area contributed by atoms with E-state index in [-0.39, 0.29) is 18.3 Å². The molecule has 1 amide bonds. The minimum atomic E-state index is 0. The third-order valence-electron chi connectivity index (χ3n) is 3.65. The molecule has 16 heavy (non-hydrogen) atoms. The van der Waals surface area contributed by atoms with Gasteiger partial charge in [-0.25, -0.2) is 0 Å². The molecule has 1 aliphatic carbocycles. The van der Waals surface area contributed by atoms with Crippen LogP contribution in [0.5, 0.6) is 0 Å². The highest BCUT2D eigenvalue weighted by molar-refractivity contribution is 5.85. The van der Waals surface area contributed by atoms with Crippen molar-refractivity contribution in [2.24, 2.45) is 11.8 Å². The lowest BCUT2D eigenvalue weighted by Crippen LogP contribution is -2.48. The summed E-state index contributed by atoms with van der Waals surface area (Å²) in [6.45, 7) is 3.02. The van der Waals surface area contributed by atoms with Gasteiger partial charge in [-0.05, 0) is 18.8 Å². The molecule has 0 bridgehead atoms. The zero-order valence-electron chi connectivity index (χ0n) is 9.84. The number of rotatable bonds is 4. The second-order valence-electron chi connectivity index (χ2n) is 5.04. The molecular weight excluding hydrogens is 224 g/mol. The summed E-state index contributed by atoms with van der Waals surface area (Å²) in [6, 6.07) is 0. The van der Waals surface area contributed by atoms with Crippen LogP contribution in [0.2, 0.25) is 0 Å². The molecule has 1 saturated carbocycles. The van der Waals surface area contributed by atoms with E-state index in [0.717, 1.165) is 26.1 Å². The zero-order chi connectivity index (χ0) is 10.5. The molecule has 0 aromatic heterocycles. The molecule has 0 spiro atoms. The lowest BCUT2D eigenvalue weighted by Gasteiger charge is -2.27. The molecule has 2 fully saturated rings. The normalized spacial score (nSPS) is 22.0. The van der Waals surface area contributed by atoms with Gasteiger partial charge >= 0.3 is 0 Å². The van der Waals surface area contributed by atoms with Crippen molar-refractivity contribution in [3.8, 4) is 0 Å². The minimum Gasteiger partial charge on any atom is -0.356 e. The summed E-state index contributed by atoms with van der Waals surface area (Å²) >= 11 is 0. The van der Waals surface area contributed by atoms with Crippen LogP contribution in [0.25, 0.3) is 0 Å². The Morgan fingerprint density at radius 1 is 1.12 bits per heavy atom. The standard InChI is InChI=1S/C12H22N2O.ClH/c15-12(14-9-11-7-13-8-11)6-10-4-2-1-3-5-10;/h10-11,13H,1-9H2,(H,14,15);1H. The molecule has 2 rings (SSSR count). The predicted molar refractivity (Wildman–Crippen MR) is 67.8 cm³/mol. The third-order valence-corrected chi connectivity index (χ3v) is 3.65. The number of hydrogen-bond acceptors (Lipinski definition) is 2. The van der Waals surface area contributed by atoms with Crippen molar-refractivity contribution < 1.29 is 4.79 Å². The summed E-state index contributed by atoms with van der Waals surface area (Å²) in [5.41, 5.74) is 0. The van der Waals surface area contributed by atoms with E-state index < -0.39 is 0 Å². The topological polar surface area (TPSA) is 41.1 Å². The molecular formula is C12H23ClN2O. The van der Waals surface area contributed by atoms with E-state index >= 15 is 0 Å². The number of carbonyl (C=O) groups excluding carboxylic acids is 1. The van der Waals surface area contributed by atoms with Gasteiger partial charge in [-0.15, -0.1) is 12.4 Å². The first-order valence-corrected chi connectivity index (χ1v) is 6.32. The fraction of sp³-hybridized carbons (Fsp3) is 0.917. The quantitative estimate of drug-likeness (QED) is 0.793. The largest absolute Gasteiger partial charge is 0.356 e. The summed E-state index contributed by atoms with van der Waals surface area (Å²) in [4.78, 5) is 11.6. The summed E-state index contributed by atoms with van der Waals surface area (Å²) in [6.07, 6.45) is 7.30. The average Bonchev–Trinajstić information content (AvgIpc) is 2.17. The van der Waals surface area contributed by atoms with Crippen molar-refractivity contribution in [1.82, 2.24) is 10.6 Å². The highest BCUT2D eigenvalue weighted by atomic mass is 35.5. The Hall–Kier alpha value is -0.280. The molecule has 0 radical (unpaired) electrons. The van der Waals surface area contributed by atoms with Gasteiger partial charge in [-0.3, -0.25) is 4.79 Å². The number of hydrogen-bond donors (Lipinski definition) is 2. The average molecular weight is 247 g/mol. The molecule has 0 aromatic carbocycles. The Morgan fingerprint density at radius 3 is 2.38 bits per heavy atom. The van der Waals surface area contributed by atoms with Gasteiger partial charge < -0.3 is 10.6 Å². The van der Waals surface area contributed by atoms with Crippen LogP contribution in [0, 0.1) is 11.8 Å². The Labute approximate surface area is 104 Å². The first kappa shape index (κ1) is 13.8. The van der Waals surface area contributed by atoms with Crippen LogP contribution in [-0.4, -0.2) is 25.5 Å². The zero-order valence-corrected chi connectivity index (χ0v) is 10.7. The molecule has 1 aliphatic heterocycles. The van der Waals surface area contributed by atoms with Crippen LogP contribution < -0.4 is 10.6 Å². The maximum Gasteiger partial charge on any atom is 0.220 e. The van der Waals surface area contributed by atoms with Gasteiger partial charge in [0.05, 0.1) is 0 Å². The van der Waals surface area contributed by atoms with Crippen LogP contribution in [0.3, 0.4) is 0 Å². The van der Waals surface area contributed by atoms with Crippen molar-refractivity contribution >= 4 is 18.3 Å². The van der Waals surface area contributed by atoms with Gasteiger partial charge in [0.2, 0.25) is 5.91 Å². The summed E-state index contributed by atoms with van der Waals surface area (Å²) < 4.78 is 0. The molecule has 0 unspecified atom stereocenters. The Morgan fingerprint density at radius 2 is 1.81 bits per heavy atom. The molecule has 1 saturated heterocycles. The van der Waals surface area contributed by atoms with E-state index in [1.165, 1.54) is 32.1 Å². The fourth-order valence-corrected chi connectivity index (χ4v) is 2.48. The second kappa shape index (κ2) is 7.13. The van der Waals surface area contributed by atoms with Crippen molar-refractivity contribution in [3.05, 3.63) is 0 Å². The number of halogens is 1. The van der Waals surface area contributed by atoms with E-state index in [1.54, 1.807) is 0 Å². The summed E-state index contributed by atoms with van der Waals surface area (Å²) in [5.74, 6) is 1.62. The summed E-state index contributed by atoms with van der Waals surface area (Å²) in [7, 11) is 0. The van der Waals surface area contributed by atoms with Crippen LogP contribution in [0.1, 0.15) is 38.5 Å². The van der Waals surface area contributed by atoms with Crippen LogP contribution in [0.15, 0.2) is 0 Å². The Kier molecular flexibility index (Phi) is 6.14. The second-order valence-corrected chi connectivity index (χ2v) is 5.04. The van der Waals surface area contributed by atoms with E-state index in [1.807, 2.05) is 0 Å². The smallest absolute Gasteiger partial charge is 0.220 e. The Bertz CT molecular complexity index is 213. The van der Waals surface area contributed by atoms with Gasteiger partial charge in [0, 0.05) is 32.0 Å². The molecule has 3 nitrogen and oxygen atoms in total. The van der Waals surface area contributed by atoms with E-state index in [4.69, 9.17) is 0 Å². The fourth-order valence-electron chi connectivity index (χ4n) is 2.48. The maximum atomic E-state index is 11.6. The van der Waals surface area contributed by atoms with E-state index in [2.05, 4.69) is 10.6 Å². The van der Waals surface area contributed by atoms with E-state index in [9.17, 15) is 4.79 Å². The molecule has 1 heterocycles. The maximum absolute atomic E-state index is 11.6. The number of amides is 1. The molecule has 94 valence electrons. The van der Waals surface area contributed by atoms with Gasteiger partial charge in [-0.1, -0.05) is 19.3 Å². The summed E-state index contributed by atoms with van der Waals surface area (Å²) in [5, 5.41) is 6.27. The molecule has 4 heteroatoms. The monoisotopic (exact) mass is 246 g/mol. The van der Waals surface area contributed by atoms with Crippen LogP contribution in [-0.2, 0) is 4.79 Å². The Balaban J connectivity index is 0.00000128. The number of carbonyl (C=O) groups is 1. The van der Waals surface area contributed by atoms with E-state index in [0.29, 0.717) is 11.8 Å². The van der Waals surface area contributed by atoms with Crippen LogP contribution in [0.4, 0.5) is 0 Å². The molecule has 0 aromatic rings. The minimum absolute atomic E-state index is 0. The van der Waals surface area contributed by atoms with Crippen molar-refractivity contribution in [1.29, 1.82) is 0 Å². The van der Waals surface area contributed by atoms with Gasteiger partial charge in [0.15, 0.2) is 0 Å². The predicted octanol–water partition coefficient (Wildman–Crippen LogP) is 1.71. The third kappa shape index (κ3) is 4.30. The SMILES string of the molecule is Cl.O=C(CC1CCCCC1)NCC1CNC1. The van der Waals surface area contributed by atoms with Crippen molar-refractivity contribution in [2.45, 2.75) is 38.5 Å². The van der Waals surface area contributed by atoms with Crippen molar-refractivity contribution in [3.63, 3.8) is 0 Å². The molecule has 2 N–H and O–H groups in total. The van der Waals surface area contributed by atoms with Gasteiger partial charge in [0.25, 0.3) is 0 Å². The number of nitrogens with one attached hydrogen (secondary N) is 2. The highest BCUT2D eigenvalue weighted by Crippen LogP contribution is 2.25. The first-order valence-electron chi connectivity index (χ1n) is 6.32. The van der Waals surface area contributed by atoms with Gasteiger partial charge in [0.1, 0.15) is 0 Å². The van der Waals surface area contributed by atoms with Gasteiger partial charge in [-0.2, -0.15) is 0 Å². The lowest BCUT2D eigenvalue weighted by molar-refractivity contribution is -0.122. The molecule has 2 aliphatic rings. The molecule has 0 atom stereocenters. The lowest BCUT2D eigenvalue weighted by atomic mass is 9.87. The van der Waals surface area contributed by atoms with Crippen molar-refractivity contribution in [2.75, 3.05) is 19.6 Å².